The zero-order chi connectivity index (χ0) is 22.5. The number of nitrogens with zero attached hydrogens (tertiary/aromatic N) is 5. The molecule has 3 N–H and O–H groups in total. The summed E-state index contributed by atoms with van der Waals surface area (Å²) in [5.41, 5.74) is 6.58. The van der Waals surface area contributed by atoms with Crippen molar-refractivity contribution in [1.29, 1.82) is 0 Å². The maximum atomic E-state index is 14.1. The van der Waals surface area contributed by atoms with Crippen LogP contribution in [0, 0.1) is 5.82 Å². The van der Waals surface area contributed by atoms with E-state index in [1.54, 1.807) is 12.1 Å². The SMILES string of the molecule is CCN1CCCC1CN(c1nc(N)nc(Nc2ccc(OC)c(F)c2)n1)C1C=CCCC1. The molecule has 1 aliphatic carbocycles. The molecule has 32 heavy (non-hydrogen) atoms. The second-order valence-electron chi connectivity index (χ2n) is 8.29. The fourth-order valence-corrected chi connectivity index (χ4v) is 4.60. The van der Waals surface area contributed by atoms with E-state index in [2.05, 4.69) is 49.1 Å². The molecule has 9 heteroatoms. The summed E-state index contributed by atoms with van der Waals surface area (Å²) in [6.45, 7) is 5.21. The summed E-state index contributed by atoms with van der Waals surface area (Å²) in [4.78, 5) is 18.2. The number of hydrogen-bond acceptors (Lipinski definition) is 8. The van der Waals surface area contributed by atoms with Crippen LogP contribution in [0.4, 0.5) is 27.9 Å². The predicted molar refractivity (Wildman–Crippen MR) is 125 cm³/mol. The fraction of sp³-hybridized carbons (Fsp3) is 0.522. The number of ether oxygens (including phenoxy) is 1. The number of aromatic nitrogens is 3. The van der Waals surface area contributed by atoms with Crippen molar-refractivity contribution in [1.82, 2.24) is 19.9 Å². The number of benzene rings is 1. The first-order valence-electron chi connectivity index (χ1n) is 11.4. The molecule has 0 radical (unpaired) electrons. The van der Waals surface area contributed by atoms with Crippen LogP contribution in [0.5, 0.6) is 5.75 Å². The first-order chi connectivity index (χ1) is 15.6. The van der Waals surface area contributed by atoms with Crippen LogP contribution in [0.25, 0.3) is 0 Å². The number of likely N-dealkylation sites (N-methyl/N-ethyl adjacent to an activating group) is 1. The molecule has 1 aromatic carbocycles. The van der Waals surface area contributed by atoms with Crippen LogP contribution in [0.3, 0.4) is 0 Å². The number of anilines is 4. The van der Waals surface area contributed by atoms with Gasteiger partial charge in [-0.15, -0.1) is 0 Å². The van der Waals surface area contributed by atoms with Gasteiger partial charge in [-0.3, -0.25) is 4.90 Å². The molecule has 0 amide bonds. The third-order valence-electron chi connectivity index (χ3n) is 6.25. The van der Waals surface area contributed by atoms with Crippen LogP contribution in [-0.4, -0.2) is 58.7 Å². The van der Waals surface area contributed by atoms with Gasteiger partial charge in [-0.2, -0.15) is 15.0 Å². The molecule has 1 aliphatic heterocycles. The Labute approximate surface area is 188 Å². The summed E-state index contributed by atoms with van der Waals surface area (Å²) >= 11 is 0. The Morgan fingerprint density at radius 3 is 2.84 bits per heavy atom. The van der Waals surface area contributed by atoms with Crippen molar-refractivity contribution >= 4 is 23.5 Å². The minimum absolute atomic E-state index is 0.134. The van der Waals surface area contributed by atoms with Gasteiger partial charge in [0.05, 0.1) is 13.2 Å². The second kappa shape index (κ2) is 10.1. The maximum Gasteiger partial charge on any atom is 0.233 e. The van der Waals surface area contributed by atoms with Crippen LogP contribution >= 0.6 is 0 Å². The van der Waals surface area contributed by atoms with Gasteiger partial charge >= 0.3 is 0 Å². The third kappa shape index (κ3) is 5.09. The number of allylic oxidation sites excluding steroid dienone is 1. The number of rotatable bonds is 8. The molecule has 0 saturated carbocycles. The Kier molecular flexibility index (Phi) is 7.04. The largest absolute Gasteiger partial charge is 0.494 e. The van der Waals surface area contributed by atoms with Crippen molar-refractivity contribution in [2.75, 3.05) is 42.7 Å². The van der Waals surface area contributed by atoms with Crippen molar-refractivity contribution in [3.05, 3.63) is 36.2 Å². The smallest absolute Gasteiger partial charge is 0.233 e. The lowest BCUT2D eigenvalue weighted by molar-refractivity contribution is 0.265. The van der Waals surface area contributed by atoms with Gasteiger partial charge in [-0.05, 0) is 57.3 Å². The highest BCUT2D eigenvalue weighted by Crippen LogP contribution is 2.27. The molecular formula is C23H32FN7O. The van der Waals surface area contributed by atoms with Crippen LogP contribution in [0.2, 0.25) is 0 Å². The number of nitrogen functional groups attached to an aromatic ring is 1. The van der Waals surface area contributed by atoms with Crippen molar-refractivity contribution in [2.24, 2.45) is 0 Å². The van der Waals surface area contributed by atoms with Gasteiger partial charge in [0.1, 0.15) is 0 Å². The Balaban J connectivity index is 1.61. The molecule has 172 valence electrons. The first-order valence-corrected chi connectivity index (χ1v) is 11.4. The van der Waals surface area contributed by atoms with E-state index in [1.165, 1.54) is 19.6 Å². The molecule has 1 aromatic heterocycles. The van der Waals surface area contributed by atoms with Gasteiger partial charge < -0.3 is 20.7 Å². The van der Waals surface area contributed by atoms with E-state index in [9.17, 15) is 4.39 Å². The van der Waals surface area contributed by atoms with E-state index in [-0.39, 0.29) is 17.7 Å². The third-order valence-corrected chi connectivity index (χ3v) is 6.25. The number of methoxy groups -OCH3 is 1. The predicted octanol–water partition coefficient (Wildman–Crippen LogP) is 3.74. The summed E-state index contributed by atoms with van der Waals surface area (Å²) in [5, 5.41) is 3.06. The lowest BCUT2D eigenvalue weighted by Crippen LogP contribution is -2.45. The van der Waals surface area contributed by atoms with Crippen molar-refractivity contribution in [3.63, 3.8) is 0 Å². The van der Waals surface area contributed by atoms with Crippen molar-refractivity contribution < 1.29 is 9.13 Å². The average Bonchev–Trinajstić information content (AvgIpc) is 3.25. The number of nitrogens with one attached hydrogen (secondary N) is 1. The lowest BCUT2D eigenvalue weighted by Gasteiger charge is -2.36. The number of halogens is 1. The van der Waals surface area contributed by atoms with E-state index in [0.29, 0.717) is 23.6 Å². The number of likely N-dealkylation sites (tertiary alicyclic amines) is 1. The van der Waals surface area contributed by atoms with Crippen molar-refractivity contribution in [2.45, 2.75) is 51.1 Å². The summed E-state index contributed by atoms with van der Waals surface area (Å²) < 4.78 is 19.1. The molecule has 2 unspecified atom stereocenters. The molecule has 2 aromatic rings. The highest BCUT2D eigenvalue weighted by Gasteiger charge is 2.30. The Bertz CT molecular complexity index is 954. The van der Waals surface area contributed by atoms with Crippen molar-refractivity contribution in [3.8, 4) is 5.75 Å². The minimum atomic E-state index is -0.463. The summed E-state index contributed by atoms with van der Waals surface area (Å²) in [6.07, 6.45) is 10.1. The molecule has 4 rings (SSSR count). The molecular weight excluding hydrogens is 409 g/mol. The Morgan fingerprint density at radius 2 is 2.12 bits per heavy atom. The van der Waals surface area contributed by atoms with Crippen LogP contribution in [0.1, 0.15) is 39.0 Å². The molecule has 0 spiro atoms. The standard InChI is InChI=1S/C23H32FN7O/c1-3-30-13-7-10-18(30)15-31(17-8-5-4-6-9-17)23-28-21(25)27-22(29-23)26-16-11-12-20(32-2)19(24)14-16/h5,8,11-12,14,17-18H,3-4,6-7,9-10,13,15H2,1-2H3,(H3,25,26,27,28,29). The topological polar surface area (TPSA) is 92.4 Å². The molecule has 2 heterocycles. The Morgan fingerprint density at radius 1 is 1.25 bits per heavy atom. The molecule has 2 aliphatic rings. The van der Waals surface area contributed by atoms with Crippen LogP contribution < -0.4 is 20.7 Å². The second-order valence-corrected chi connectivity index (χ2v) is 8.29. The summed E-state index contributed by atoms with van der Waals surface area (Å²) in [5.74, 6) is 0.692. The van der Waals surface area contributed by atoms with Gasteiger partial charge in [-0.25, -0.2) is 4.39 Å². The fourth-order valence-electron chi connectivity index (χ4n) is 4.60. The van der Waals surface area contributed by atoms with E-state index in [4.69, 9.17) is 10.5 Å². The van der Waals surface area contributed by atoms with E-state index >= 15 is 0 Å². The Hall–Kier alpha value is -2.94. The lowest BCUT2D eigenvalue weighted by atomic mass is 10.0. The van der Waals surface area contributed by atoms with Gasteiger partial charge in [0.25, 0.3) is 0 Å². The molecule has 8 nitrogen and oxygen atoms in total. The number of nitrogens with two attached hydrogens (primary N) is 1. The zero-order valence-electron chi connectivity index (χ0n) is 18.8. The quantitative estimate of drug-likeness (QED) is 0.599. The van der Waals surface area contributed by atoms with Gasteiger partial charge in [0.15, 0.2) is 11.6 Å². The maximum absolute atomic E-state index is 14.1. The molecule has 2 atom stereocenters. The van der Waals surface area contributed by atoms with Crippen LogP contribution in [-0.2, 0) is 0 Å². The minimum Gasteiger partial charge on any atom is -0.494 e. The van der Waals surface area contributed by atoms with Gasteiger partial charge in [0, 0.05) is 24.3 Å². The monoisotopic (exact) mass is 441 g/mol. The molecule has 0 bridgehead atoms. The van der Waals surface area contributed by atoms with Crippen LogP contribution in [0.15, 0.2) is 30.4 Å². The normalized spacial score (nSPS) is 21.0. The average molecular weight is 442 g/mol. The first kappa shape index (κ1) is 22.3. The summed E-state index contributed by atoms with van der Waals surface area (Å²) in [6, 6.07) is 5.29. The number of hydrogen-bond donors (Lipinski definition) is 2. The highest BCUT2D eigenvalue weighted by atomic mass is 19.1. The van der Waals surface area contributed by atoms with E-state index < -0.39 is 5.82 Å². The van der Waals surface area contributed by atoms with E-state index in [0.717, 1.165) is 45.3 Å². The molecule has 1 fully saturated rings. The summed E-state index contributed by atoms with van der Waals surface area (Å²) in [7, 11) is 1.43. The van der Waals surface area contributed by atoms with Gasteiger partial charge in [-0.1, -0.05) is 19.1 Å². The van der Waals surface area contributed by atoms with Gasteiger partial charge in [0.2, 0.25) is 17.8 Å². The van der Waals surface area contributed by atoms with E-state index in [1.807, 2.05) is 0 Å². The highest BCUT2D eigenvalue weighted by molar-refractivity contribution is 5.57. The zero-order valence-corrected chi connectivity index (χ0v) is 18.8. The molecule has 1 saturated heterocycles.